The Morgan fingerprint density at radius 1 is 1.00 bits per heavy atom. The van der Waals surface area contributed by atoms with Crippen LogP contribution in [0.2, 0.25) is 0 Å². The minimum absolute atomic E-state index is 0.0741. The fourth-order valence-corrected chi connectivity index (χ4v) is 2.75. The van der Waals surface area contributed by atoms with Crippen molar-refractivity contribution >= 4 is 39.3 Å². The minimum Gasteiger partial charge on any atom is -0.333 e. The van der Waals surface area contributed by atoms with Crippen LogP contribution in [0.1, 0.15) is 5.56 Å². The summed E-state index contributed by atoms with van der Waals surface area (Å²) in [7, 11) is -1.79. The van der Waals surface area contributed by atoms with Gasteiger partial charge in [0.05, 0.1) is 12.8 Å². The number of para-hydroxylation sites is 1. The number of likely N-dealkylation sites (N-methyl/N-ethyl adjacent to an activating group) is 1. The highest BCUT2D eigenvalue weighted by Crippen LogP contribution is 2.12. The Labute approximate surface area is 158 Å². The Hall–Kier alpha value is -3.13. The summed E-state index contributed by atoms with van der Waals surface area (Å²) < 4.78 is 24.7. The van der Waals surface area contributed by atoms with Crippen LogP contribution in [0.25, 0.3) is 6.08 Å². The molecule has 0 saturated heterocycles. The summed E-state index contributed by atoms with van der Waals surface area (Å²) in [5, 5.41) is 2.71. The average Bonchev–Trinajstić information content (AvgIpc) is 2.60. The molecule has 0 saturated carbocycles. The van der Waals surface area contributed by atoms with E-state index in [1.54, 1.807) is 42.5 Å². The van der Waals surface area contributed by atoms with Gasteiger partial charge in [0.1, 0.15) is 0 Å². The van der Waals surface area contributed by atoms with Crippen molar-refractivity contribution in [2.75, 3.05) is 29.9 Å². The van der Waals surface area contributed by atoms with Crippen LogP contribution >= 0.6 is 0 Å². The molecule has 0 radical (unpaired) electrons. The molecule has 2 rings (SSSR count). The van der Waals surface area contributed by atoms with E-state index >= 15 is 0 Å². The second kappa shape index (κ2) is 9.00. The number of carbonyl (C=O) groups excluding carboxylic acids is 2. The summed E-state index contributed by atoms with van der Waals surface area (Å²) in [5.41, 5.74) is 1.84. The topological polar surface area (TPSA) is 95.6 Å². The molecule has 2 amide bonds. The number of carbonyl (C=O) groups is 2. The Balaban J connectivity index is 1.88. The van der Waals surface area contributed by atoms with E-state index in [-0.39, 0.29) is 18.4 Å². The van der Waals surface area contributed by atoms with Gasteiger partial charge in [-0.1, -0.05) is 30.3 Å². The summed E-state index contributed by atoms with van der Waals surface area (Å²) >= 11 is 0. The molecule has 0 aromatic heterocycles. The van der Waals surface area contributed by atoms with Crippen LogP contribution in [0.3, 0.4) is 0 Å². The molecule has 27 heavy (non-hydrogen) atoms. The lowest BCUT2D eigenvalue weighted by molar-refractivity contribution is -0.129. The zero-order chi connectivity index (χ0) is 19.9. The number of hydrogen-bond donors (Lipinski definition) is 2. The Kier molecular flexibility index (Phi) is 6.73. The minimum atomic E-state index is -3.33. The SMILES string of the molecule is CN(CC(=O)Nc1ccccc1)C(=O)/C=C/c1ccc(NS(C)(=O)=O)cc1. The summed E-state index contributed by atoms with van der Waals surface area (Å²) in [5.74, 6) is -0.613. The number of sulfonamides is 1. The number of nitrogens with zero attached hydrogens (tertiary/aromatic N) is 1. The van der Waals surface area contributed by atoms with Crippen molar-refractivity contribution in [1.82, 2.24) is 4.90 Å². The predicted octanol–water partition coefficient (Wildman–Crippen LogP) is 2.17. The van der Waals surface area contributed by atoms with Gasteiger partial charge >= 0.3 is 0 Å². The summed E-state index contributed by atoms with van der Waals surface area (Å²) in [6.45, 7) is -0.0741. The van der Waals surface area contributed by atoms with Crippen LogP contribution in [0, 0.1) is 0 Å². The van der Waals surface area contributed by atoms with Gasteiger partial charge in [0.25, 0.3) is 0 Å². The Morgan fingerprint density at radius 2 is 1.63 bits per heavy atom. The largest absolute Gasteiger partial charge is 0.333 e. The van der Waals surface area contributed by atoms with E-state index in [0.29, 0.717) is 11.4 Å². The predicted molar refractivity (Wildman–Crippen MR) is 107 cm³/mol. The normalized spacial score (nSPS) is 11.2. The highest BCUT2D eigenvalue weighted by Gasteiger charge is 2.10. The Bertz CT molecular complexity index is 923. The molecule has 0 bridgehead atoms. The highest BCUT2D eigenvalue weighted by atomic mass is 32.2. The van der Waals surface area contributed by atoms with Crippen molar-refractivity contribution in [2.45, 2.75) is 0 Å². The fourth-order valence-electron chi connectivity index (χ4n) is 2.19. The van der Waals surface area contributed by atoms with Crippen LogP contribution in [0.15, 0.2) is 60.7 Å². The first-order valence-corrected chi connectivity index (χ1v) is 9.98. The molecule has 0 aliphatic heterocycles. The first kappa shape index (κ1) is 20.2. The molecule has 8 heteroatoms. The highest BCUT2D eigenvalue weighted by molar-refractivity contribution is 7.92. The molecule has 2 aromatic rings. The van der Waals surface area contributed by atoms with Crippen molar-refractivity contribution in [3.8, 4) is 0 Å². The standard InChI is InChI=1S/C19H21N3O4S/c1-22(14-18(23)20-16-6-4-3-5-7-16)19(24)13-10-15-8-11-17(12-9-15)21-27(2,25)26/h3-13,21H,14H2,1-2H3,(H,20,23)/b13-10+. The first-order valence-electron chi connectivity index (χ1n) is 8.09. The van der Waals surface area contributed by atoms with Crippen LogP contribution in [0.5, 0.6) is 0 Å². The second-order valence-electron chi connectivity index (χ2n) is 5.94. The molecule has 0 aliphatic rings. The van der Waals surface area contributed by atoms with E-state index in [4.69, 9.17) is 0 Å². The fraction of sp³-hybridized carbons (Fsp3) is 0.158. The molecule has 0 fully saturated rings. The van der Waals surface area contributed by atoms with E-state index in [1.807, 2.05) is 18.2 Å². The van der Waals surface area contributed by atoms with Gasteiger partial charge < -0.3 is 10.2 Å². The first-order chi connectivity index (χ1) is 12.7. The Morgan fingerprint density at radius 3 is 2.22 bits per heavy atom. The van der Waals surface area contributed by atoms with Gasteiger partial charge in [-0.05, 0) is 35.9 Å². The smallest absolute Gasteiger partial charge is 0.246 e. The number of amides is 2. The third-order valence-corrected chi connectivity index (χ3v) is 4.05. The zero-order valence-corrected chi connectivity index (χ0v) is 15.9. The maximum atomic E-state index is 12.1. The van der Waals surface area contributed by atoms with Crippen LogP contribution in [0.4, 0.5) is 11.4 Å². The van der Waals surface area contributed by atoms with Gasteiger partial charge in [0, 0.05) is 24.5 Å². The van der Waals surface area contributed by atoms with Gasteiger partial charge in [-0.2, -0.15) is 0 Å². The molecule has 142 valence electrons. The average molecular weight is 387 g/mol. The molecule has 0 heterocycles. The van der Waals surface area contributed by atoms with E-state index in [0.717, 1.165) is 11.8 Å². The van der Waals surface area contributed by atoms with Gasteiger partial charge in [-0.25, -0.2) is 8.42 Å². The molecule has 0 spiro atoms. The van der Waals surface area contributed by atoms with Crippen molar-refractivity contribution in [3.05, 3.63) is 66.2 Å². The number of rotatable bonds is 7. The quantitative estimate of drug-likeness (QED) is 0.712. The maximum Gasteiger partial charge on any atom is 0.246 e. The second-order valence-corrected chi connectivity index (χ2v) is 7.69. The third kappa shape index (κ3) is 7.33. The molecule has 7 nitrogen and oxygen atoms in total. The van der Waals surface area contributed by atoms with E-state index in [2.05, 4.69) is 10.0 Å². The molecule has 0 unspecified atom stereocenters. The summed E-state index contributed by atoms with van der Waals surface area (Å²) in [6, 6.07) is 15.6. The molecule has 0 atom stereocenters. The van der Waals surface area contributed by atoms with Gasteiger partial charge in [-0.3, -0.25) is 14.3 Å². The lowest BCUT2D eigenvalue weighted by atomic mass is 10.2. The van der Waals surface area contributed by atoms with E-state index in [9.17, 15) is 18.0 Å². The van der Waals surface area contributed by atoms with Gasteiger partial charge in [-0.15, -0.1) is 0 Å². The molecular formula is C19H21N3O4S. The van der Waals surface area contributed by atoms with Crippen molar-refractivity contribution in [1.29, 1.82) is 0 Å². The number of nitrogens with one attached hydrogen (secondary N) is 2. The molecular weight excluding hydrogens is 366 g/mol. The number of benzene rings is 2. The van der Waals surface area contributed by atoms with Crippen molar-refractivity contribution < 1.29 is 18.0 Å². The number of anilines is 2. The van der Waals surface area contributed by atoms with Crippen molar-refractivity contribution in [3.63, 3.8) is 0 Å². The van der Waals surface area contributed by atoms with Crippen molar-refractivity contribution in [2.24, 2.45) is 0 Å². The zero-order valence-electron chi connectivity index (χ0n) is 15.0. The number of hydrogen-bond acceptors (Lipinski definition) is 4. The lowest BCUT2D eigenvalue weighted by Gasteiger charge is -2.14. The molecule has 0 aliphatic carbocycles. The summed E-state index contributed by atoms with van der Waals surface area (Å²) in [6.07, 6.45) is 4.02. The monoisotopic (exact) mass is 387 g/mol. The van der Waals surface area contributed by atoms with Gasteiger partial charge in [0.15, 0.2) is 0 Å². The maximum absolute atomic E-state index is 12.1. The van der Waals surface area contributed by atoms with Crippen LogP contribution in [-0.2, 0) is 19.6 Å². The van der Waals surface area contributed by atoms with E-state index < -0.39 is 10.0 Å². The molecule has 2 aromatic carbocycles. The third-order valence-electron chi connectivity index (χ3n) is 3.45. The lowest BCUT2D eigenvalue weighted by Crippen LogP contribution is -2.33. The van der Waals surface area contributed by atoms with Gasteiger partial charge in [0.2, 0.25) is 21.8 Å². The van der Waals surface area contributed by atoms with Crippen LogP contribution < -0.4 is 10.0 Å². The molecule has 2 N–H and O–H groups in total. The summed E-state index contributed by atoms with van der Waals surface area (Å²) in [4.78, 5) is 25.4. The van der Waals surface area contributed by atoms with E-state index in [1.165, 1.54) is 18.0 Å². The van der Waals surface area contributed by atoms with Crippen LogP contribution in [-0.4, -0.2) is 45.0 Å².